The first-order valence-corrected chi connectivity index (χ1v) is 8.81. The number of ether oxygens (including phenoxy) is 1. The minimum Gasteiger partial charge on any atom is -0.379 e. The van der Waals surface area contributed by atoms with Crippen LogP contribution in [0.3, 0.4) is 0 Å². The molecule has 5 nitrogen and oxygen atoms in total. The van der Waals surface area contributed by atoms with E-state index in [-0.39, 0.29) is 5.91 Å². The zero-order valence-corrected chi connectivity index (χ0v) is 15.2. The number of carbonyl (C=O) groups excluding carboxylic acids is 1. The molecule has 0 aliphatic carbocycles. The van der Waals surface area contributed by atoms with Gasteiger partial charge in [-0.25, -0.2) is 0 Å². The SMILES string of the molecule is Cc1ccc(/C=C/C(=O)N(CCC#N)CCN2CCOCC2)c(C)c1. The number of rotatable bonds is 7. The van der Waals surface area contributed by atoms with E-state index in [0.717, 1.165) is 44.0 Å². The summed E-state index contributed by atoms with van der Waals surface area (Å²) >= 11 is 0. The molecular formula is C20H27N3O2. The summed E-state index contributed by atoms with van der Waals surface area (Å²) in [4.78, 5) is 16.6. The van der Waals surface area contributed by atoms with Crippen LogP contribution in [0.4, 0.5) is 0 Å². The molecule has 0 atom stereocenters. The van der Waals surface area contributed by atoms with Crippen LogP contribution in [0, 0.1) is 25.2 Å². The number of morpholine rings is 1. The van der Waals surface area contributed by atoms with E-state index in [1.807, 2.05) is 25.1 Å². The Morgan fingerprint density at radius 2 is 2.08 bits per heavy atom. The highest BCUT2D eigenvalue weighted by atomic mass is 16.5. The number of aryl methyl sites for hydroxylation is 2. The fourth-order valence-electron chi connectivity index (χ4n) is 2.88. The molecule has 0 bridgehead atoms. The third-order valence-corrected chi connectivity index (χ3v) is 4.43. The van der Waals surface area contributed by atoms with Gasteiger partial charge in [0.05, 0.1) is 25.7 Å². The molecule has 2 rings (SSSR count). The monoisotopic (exact) mass is 341 g/mol. The standard InChI is InChI=1S/C20H27N3O2/c1-17-4-5-19(18(2)16-17)6-7-20(24)23(9-3-8-21)11-10-22-12-14-25-15-13-22/h4-7,16H,3,9-15H2,1-2H3/b7-6+. The van der Waals surface area contributed by atoms with Gasteiger partial charge in [0.25, 0.3) is 0 Å². The minimum atomic E-state index is -0.0384. The molecule has 1 aromatic carbocycles. The lowest BCUT2D eigenvalue weighted by atomic mass is 10.1. The van der Waals surface area contributed by atoms with Gasteiger partial charge in [-0.2, -0.15) is 5.26 Å². The van der Waals surface area contributed by atoms with Gasteiger partial charge in [0.15, 0.2) is 0 Å². The molecule has 1 amide bonds. The van der Waals surface area contributed by atoms with Crippen molar-refractivity contribution in [3.63, 3.8) is 0 Å². The lowest BCUT2D eigenvalue weighted by Crippen LogP contribution is -2.43. The maximum Gasteiger partial charge on any atom is 0.246 e. The Morgan fingerprint density at radius 1 is 1.32 bits per heavy atom. The number of nitriles is 1. The molecule has 134 valence electrons. The van der Waals surface area contributed by atoms with E-state index in [1.54, 1.807) is 11.0 Å². The van der Waals surface area contributed by atoms with Gasteiger partial charge in [-0.15, -0.1) is 0 Å². The Labute approximate surface area is 150 Å². The van der Waals surface area contributed by atoms with E-state index < -0.39 is 0 Å². The number of hydrogen-bond donors (Lipinski definition) is 0. The Bertz CT molecular complexity index is 643. The second-order valence-electron chi connectivity index (χ2n) is 6.38. The number of nitrogens with zero attached hydrogens (tertiary/aromatic N) is 3. The van der Waals surface area contributed by atoms with Crippen molar-refractivity contribution >= 4 is 12.0 Å². The van der Waals surface area contributed by atoms with Crippen LogP contribution >= 0.6 is 0 Å². The van der Waals surface area contributed by atoms with Crippen molar-refractivity contribution in [1.82, 2.24) is 9.80 Å². The van der Waals surface area contributed by atoms with Gasteiger partial charge in [0.1, 0.15) is 0 Å². The van der Waals surface area contributed by atoms with E-state index in [9.17, 15) is 4.79 Å². The Morgan fingerprint density at radius 3 is 2.76 bits per heavy atom. The van der Waals surface area contributed by atoms with E-state index in [1.165, 1.54) is 5.56 Å². The summed E-state index contributed by atoms with van der Waals surface area (Å²) in [5, 5.41) is 8.85. The lowest BCUT2D eigenvalue weighted by Gasteiger charge is -2.29. The Kier molecular flexibility index (Phi) is 7.65. The topological polar surface area (TPSA) is 56.6 Å². The van der Waals surface area contributed by atoms with Crippen molar-refractivity contribution in [3.05, 3.63) is 41.0 Å². The maximum atomic E-state index is 12.6. The minimum absolute atomic E-state index is 0.0384. The number of amides is 1. The van der Waals surface area contributed by atoms with Crippen molar-refractivity contribution in [1.29, 1.82) is 5.26 Å². The fourth-order valence-corrected chi connectivity index (χ4v) is 2.88. The molecule has 0 radical (unpaired) electrons. The van der Waals surface area contributed by atoms with Crippen LogP contribution in [0.25, 0.3) is 6.08 Å². The van der Waals surface area contributed by atoms with Crippen molar-refractivity contribution in [2.75, 3.05) is 45.9 Å². The summed E-state index contributed by atoms with van der Waals surface area (Å²) in [6.07, 6.45) is 3.84. The summed E-state index contributed by atoms with van der Waals surface area (Å²) in [6, 6.07) is 8.31. The molecule has 0 spiro atoms. The summed E-state index contributed by atoms with van der Waals surface area (Å²) in [6.45, 7) is 9.32. The first-order valence-electron chi connectivity index (χ1n) is 8.81. The number of hydrogen-bond acceptors (Lipinski definition) is 4. The number of carbonyl (C=O) groups is 1. The molecule has 1 aromatic rings. The first kappa shape index (κ1) is 19.2. The molecule has 0 aromatic heterocycles. The molecule has 5 heteroatoms. The third-order valence-electron chi connectivity index (χ3n) is 4.43. The zero-order chi connectivity index (χ0) is 18.1. The second kappa shape index (κ2) is 9.97. The van der Waals surface area contributed by atoms with E-state index in [2.05, 4.69) is 24.0 Å². The molecule has 1 aliphatic rings. The normalized spacial score (nSPS) is 15.2. The smallest absolute Gasteiger partial charge is 0.246 e. The third kappa shape index (κ3) is 6.33. The second-order valence-corrected chi connectivity index (χ2v) is 6.38. The Balaban J connectivity index is 1.96. The molecule has 0 saturated carbocycles. The summed E-state index contributed by atoms with van der Waals surface area (Å²) in [5.41, 5.74) is 3.41. The molecule has 1 aliphatic heterocycles. The number of benzene rings is 1. The largest absolute Gasteiger partial charge is 0.379 e. The van der Waals surface area contributed by atoms with Crippen molar-refractivity contribution in [2.45, 2.75) is 20.3 Å². The Hall–Kier alpha value is -2.16. The van der Waals surface area contributed by atoms with Gasteiger partial charge < -0.3 is 9.64 Å². The molecule has 1 saturated heterocycles. The predicted octanol–water partition coefficient (Wildman–Crippen LogP) is 2.39. The van der Waals surface area contributed by atoms with Gasteiger partial charge in [-0.1, -0.05) is 23.8 Å². The van der Waals surface area contributed by atoms with Crippen LogP contribution in [0.1, 0.15) is 23.1 Å². The van der Waals surface area contributed by atoms with Crippen molar-refractivity contribution < 1.29 is 9.53 Å². The molecule has 1 heterocycles. The predicted molar refractivity (Wildman–Crippen MR) is 99.0 cm³/mol. The molecule has 0 unspecified atom stereocenters. The highest BCUT2D eigenvalue weighted by Gasteiger charge is 2.15. The van der Waals surface area contributed by atoms with Crippen LogP contribution in [-0.4, -0.2) is 61.6 Å². The van der Waals surface area contributed by atoms with Gasteiger partial charge in [-0.3, -0.25) is 9.69 Å². The molecular weight excluding hydrogens is 314 g/mol. The molecule has 1 fully saturated rings. The quantitative estimate of drug-likeness (QED) is 0.715. The van der Waals surface area contributed by atoms with E-state index in [0.29, 0.717) is 19.5 Å². The average Bonchev–Trinajstić information content (AvgIpc) is 2.61. The summed E-state index contributed by atoms with van der Waals surface area (Å²) < 4.78 is 5.35. The maximum absolute atomic E-state index is 12.6. The zero-order valence-electron chi connectivity index (χ0n) is 15.2. The average molecular weight is 341 g/mol. The van der Waals surface area contributed by atoms with Gasteiger partial charge >= 0.3 is 0 Å². The summed E-state index contributed by atoms with van der Waals surface area (Å²) in [5.74, 6) is -0.0384. The van der Waals surface area contributed by atoms with Crippen molar-refractivity contribution in [3.8, 4) is 6.07 Å². The summed E-state index contributed by atoms with van der Waals surface area (Å²) in [7, 11) is 0. The first-order chi connectivity index (χ1) is 12.1. The van der Waals surface area contributed by atoms with E-state index in [4.69, 9.17) is 10.00 Å². The van der Waals surface area contributed by atoms with Gasteiger partial charge in [0.2, 0.25) is 5.91 Å². The van der Waals surface area contributed by atoms with Gasteiger partial charge in [0, 0.05) is 38.8 Å². The van der Waals surface area contributed by atoms with Gasteiger partial charge in [-0.05, 0) is 31.1 Å². The lowest BCUT2D eigenvalue weighted by molar-refractivity contribution is -0.126. The highest BCUT2D eigenvalue weighted by molar-refractivity contribution is 5.92. The molecule has 0 N–H and O–H groups in total. The van der Waals surface area contributed by atoms with Crippen LogP contribution in [0.5, 0.6) is 0 Å². The van der Waals surface area contributed by atoms with Crippen molar-refractivity contribution in [2.24, 2.45) is 0 Å². The van der Waals surface area contributed by atoms with Crippen LogP contribution < -0.4 is 0 Å². The van der Waals surface area contributed by atoms with Crippen LogP contribution in [-0.2, 0) is 9.53 Å². The van der Waals surface area contributed by atoms with Crippen LogP contribution in [0.2, 0.25) is 0 Å². The molecule has 25 heavy (non-hydrogen) atoms. The fraction of sp³-hybridized carbons (Fsp3) is 0.500. The van der Waals surface area contributed by atoms with Crippen LogP contribution in [0.15, 0.2) is 24.3 Å². The highest BCUT2D eigenvalue weighted by Crippen LogP contribution is 2.12. The van der Waals surface area contributed by atoms with E-state index >= 15 is 0 Å².